The van der Waals surface area contributed by atoms with Gasteiger partial charge in [-0.3, -0.25) is 0 Å². The van der Waals surface area contributed by atoms with Gasteiger partial charge >= 0.3 is 6.18 Å². The van der Waals surface area contributed by atoms with Gasteiger partial charge in [0.1, 0.15) is 5.82 Å². The third kappa shape index (κ3) is 5.50. The Morgan fingerprint density at radius 3 is 2.25 bits per heavy atom. The van der Waals surface area contributed by atoms with E-state index in [1.165, 1.54) is 19.1 Å². The van der Waals surface area contributed by atoms with Crippen LogP contribution in [0.4, 0.5) is 17.6 Å². The largest absolute Gasteiger partial charge is 0.414 e. The molecule has 24 heavy (non-hydrogen) atoms. The molecule has 0 heterocycles. The highest BCUT2D eigenvalue weighted by atomic mass is 79.9. The van der Waals surface area contributed by atoms with Crippen molar-refractivity contribution in [3.63, 3.8) is 0 Å². The molecule has 3 nitrogen and oxygen atoms in total. The molecule has 0 spiro atoms. The third-order valence-corrected chi connectivity index (χ3v) is 5.62. The molecule has 2 N–H and O–H groups in total. The quantitative estimate of drug-likeness (QED) is 0.684. The van der Waals surface area contributed by atoms with Gasteiger partial charge in [-0.15, -0.1) is 0 Å². The molecule has 0 aromatic heterocycles. The van der Waals surface area contributed by atoms with E-state index in [0.29, 0.717) is 4.47 Å². The summed E-state index contributed by atoms with van der Waals surface area (Å²) < 4.78 is 67.2. The van der Waals surface area contributed by atoms with Crippen LogP contribution in [0.3, 0.4) is 0 Å². The summed E-state index contributed by atoms with van der Waals surface area (Å²) in [5.41, 5.74) is -1.81. The van der Waals surface area contributed by atoms with Crippen LogP contribution < -0.4 is 4.72 Å². The van der Waals surface area contributed by atoms with Crippen molar-refractivity contribution >= 4 is 26.9 Å². The fraction of sp³-hybridized carbons (Fsp3) is 0.600. The van der Waals surface area contributed by atoms with Gasteiger partial charge in [-0.05, 0) is 45.9 Å². The van der Waals surface area contributed by atoms with Gasteiger partial charge in [0.15, 0.2) is 6.10 Å². The number of alkyl halides is 3. The van der Waals surface area contributed by atoms with E-state index in [4.69, 9.17) is 0 Å². The van der Waals surface area contributed by atoms with Crippen molar-refractivity contribution in [1.29, 1.82) is 0 Å². The first-order valence-corrected chi connectivity index (χ1v) is 9.01. The van der Waals surface area contributed by atoms with E-state index < -0.39 is 45.8 Å². The first-order chi connectivity index (χ1) is 10.7. The number of rotatable bonds is 5. The molecule has 0 bridgehead atoms. The number of benzene rings is 1. The van der Waals surface area contributed by atoms with Crippen LogP contribution >= 0.6 is 15.9 Å². The van der Waals surface area contributed by atoms with Crippen LogP contribution in [0.15, 0.2) is 22.7 Å². The Balaban J connectivity index is 3.35. The van der Waals surface area contributed by atoms with E-state index in [-0.39, 0.29) is 5.56 Å². The second-order valence-corrected chi connectivity index (χ2v) is 9.58. The molecule has 0 unspecified atom stereocenters. The van der Waals surface area contributed by atoms with E-state index in [9.17, 15) is 26.9 Å². The van der Waals surface area contributed by atoms with Crippen molar-refractivity contribution in [3.05, 3.63) is 34.1 Å². The molecule has 138 valence electrons. The molecule has 1 aromatic rings. The number of aliphatic hydroxyl groups is 1. The van der Waals surface area contributed by atoms with Crippen LogP contribution in [0.2, 0.25) is 0 Å². The van der Waals surface area contributed by atoms with Gasteiger partial charge in [0.25, 0.3) is 0 Å². The number of halogens is 5. The zero-order valence-corrected chi connectivity index (χ0v) is 16.1. The Morgan fingerprint density at radius 1 is 1.25 bits per heavy atom. The van der Waals surface area contributed by atoms with E-state index in [1.807, 2.05) is 0 Å². The maximum Gasteiger partial charge on any atom is 0.414 e. The normalized spacial score (nSPS) is 18.1. The number of hydrogen-bond donors (Lipinski definition) is 2. The molecule has 0 fully saturated rings. The molecule has 0 saturated carbocycles. The lowest BCUT2D eigenvalue weighted by Gasteiger charge is -2.36. The third-order valence-electron chi connectivity index (χ3n) is 3.38. The molecule has 0 aliphatic heterocycles. The van der Waals surface area contributed by atoms with Crippen molar-refractivity contribution < 1.29 is 26.9 Å². The number of hydrogen-bond acceptors (Lipinski definition) is 2. The molecular weight excluding hydrogens is 414 g/mol. The second-order valence-electron chi connectivity index (χ2n) is 6.70. The summed E-state index contributed by atoms with van der Waals surface area (Å²) in [5.74, 6) is -0.756. The van der Waals surface area contributed by atoms with Gasteiger partial charge in [0, 0.05) is 16.5 Å². The van der Waals surface area contributed by atoms with Gasteiger partial charge in [-0.2, -0.15) is 13.2 Å². The maximum absolute atomic E-state index is 14.2. The summed E-state index contributed by atoms with van der Waals surface area (Å²) >= 11 is 3.15. The fourth-order valence-corrected chi connectivity index (χ4v) is 3.26. The molecule has 9 heteroatoms. The van der Waals surface area contributed by atoms with Gasteiger partial charge in [0.2, 0.25) is 0 Å². The molecule has 0 saturated heterocycles. The van der Waals surface area contributed by atoms with Crippen LogP contribution in [0.25, 0.3) is 0 Å². The first-order valence-electron chi connectivity index (χ1n) is 7.07. The lowest BCUT2D eigenvalue weighted by atomic mass is 9.87. The Bertz CT molecular complexity index is 618. The Labute approximate surface area is 149 Å². The monoisotopic (exact) mass is 433 g/mol. The lowest BCUT2D eigenvalue weighted by molar-refractivity contribution is -0.209. The molecule has 3 atom stereocenters. The van der Waals surface area contributed by atoms with Crippen molar-refractivity contribution in [3.8, 4) is 0 Å². The fourth-order valence-electron chi connectivity index (χ4n) is 1.99. The van der Waals surface area contributed by atoms with Crippen molar-refractivity contribution in [2.45, 2.75) is 56.7 Å². The predicted molar refractivity (Wildman–Crippen MR) is 89.2 cm³/mol. The van der Waals surface area contributed by atoms with Crippen molar-refractivity contribution in [1.82, 2.24) is 4.72 Å². The summed E-state index contributed by atoms with van der Waals surface area (Å²) in [6.45, 7) is 6.19. The van der Waals surface area contributed by atoms with Crippen LogP contribution in [0.5, 0.6) is 0 Å². The smallest absolute Gasteiger partial charge is 0.384 e. The van der Waals surface area contributed by atoms with Gasteiger partial charge in [-0.1, -0.05) is 15.9 Å². The van der Waals surface area contributed by atoms with E-state index in [1.54, 1.807) is 20.8 Å². The van der Waals surface area contributed by atoms with E-state index >= 15 is 0 Å². The summed E-state index contributed by atoms with van der Waals surface area (Å²) in [6, 6.07) is 3.81. The number of nitrogens with one attached hydrogen (secondary N) is 1. The second kappa shape index (κ2) is 7.39. The SMILES string of the molecule is CC(C)(C)[S@@](=O)N[C@@](C)(C[C@@H](O)C(F)(F)F)c1cc(Br)ccc1F. The van der Waals surface area contributed by atoms with Crippen LogP contribution in [-0.4, -0.2) is 26.3 Å². The highest BCUT2D eigenvalue weighted by molar-refractivity contribution is 9.10. The average Bonchev–Trinajstić information content (AvgIpc) is 2.39. The molecule has 1 rings (SSSR count). The molecule has 0 aliphatic carbocycles. The summed E-state index contributed by atoms with van der Waals surface area (Å²) in [7, 11) is -1.78. The van der Waals surface area contributed by atoms with E-state index in [2.05, 4.69) is 20.7 Å². The highest BCUT2D eigenvalue weighted by Gasteiger charge is 2.45. The first kappa shape index (κ1) is 21.5. The van der Waals surface area contributed by atoms with Gasteiger partial charge in [0.05, 0.1) is 21.3 Å². The Morgan fingerprint density at radius 2 is 1.79 bits per heavy atom. The van der Waals surface area contributed by atoms with Crippen LogP contribution in [0, 0.1) is 5.82 Å². The molecule has 0 aliphatic rings. The summed E-state index contributed by atoms with van der Waals surface area (Å²) in [5, 5.41) is 9.46. The predicted octanol–water partition coefficient (Wildman–Crippen LogP) is 4.17. The topological polar surface area (TPSA) is 49.3 Å². The maximum atomic E-state index is 14.2. The minimum atomic E-state index is -4.87. The van der Waals surface area contributed by atoms with Gasteiger partial charge in [-0.25, -0.2) is 13.3 Å². The minimum absolute atomic E-state index is 0.113. The van der Waals surface area contributed by atoms with Gasteiger partial charge < -0.3 is 5.11 Å². The molecule has 0 radical (unpaired) electrons. The Kier molecular flexibility index (Phi) is 6.63. The van der Waals surface area contributed by atoms with Crippen molar-refractivity contribution in [2.75, 3.05) is 0 Å². The van der Waals surface area contributed by atoms with Crippen molar-refractivity contribution in [2.24, 2.45) is 0 Å². The van der Waals surface area contributed by atoms with E-state index in [0.717, 1.165) is 6.07 Å². The highest BCUT2D eigenvalue weighted by Crippen LogP contribution is 2.36. The Hall–Kier alpha value is -0.510. The van der Waals surface area contributed by atoms with Crippen LogP contribution in [0.1, 0.15) is 39.7 Å². The lowest BCUT2D eigenvalue weighted by Crippen LogP contribution is -2.50. The summed E-state index contributed by atoms with van der Waals surface area (Å²) in [6.07, 6.45) is -8.44. The zero-order chi connectivity index (χ0) is 18.9. The average molecular weight is 434 g/mol. The standard InChI is InChI=1S/C15H20BrF4NO2S/c1-13(2,3)24(23)21-14(4,8-12(22)15(18,19)20)10-7-9(16)5-6-11(10)17/h5-7,12,21-22H,8H2,1-4H3/t12-,14+,24-/m1/s1. The van der Waals surface area contributed by atoms with Crippen LogP contribution in [-0.2, 0) is 16.5 Å². The molecular formula is C15H20BrF4NO2S. The molecule has 0 amide bonds. The molecule has 1 aromatic carbocycles. The minimum Gasteiger partial charge on any atom is -0.384 e. The number of aliphatic hydroxyl groups excluding tert-OH is 1. The summed E-state index contributed by atoms with van der Waals surface area (Å²) in [4.78, 5) is 0. The zero-order valence-electron chi connectivity index (χ0n) is 13.7.